The van der Waals surface area contributed by atoms with Crippen LogP contribution in [0.25, 0.3) is 11.0 Å². The number of fused-ring (bicyclic) bond motifs is 1. The zero-order chi connectivity index (χ0) is 21.8. The molecule has 0 aliphatic carbocycles. The number of anilines is 1. The third kappa shape index (κ3) is 4.51. The van der Waals surface area contributed by atoms with Crippen LogP contribution in [-0.4, -0.2) is 59.0 Å². The second-order valence-corrected chi connectivity index (χ2v) is 7.64. The number of H-pyrrole nitrogens is 1. The highest BCUT2D eigenvalue weighted by molar-refractivity contribution is 5.96. The minimum atomic E-state index is -0.473. The van der Waals surface area contributed by atoms with E-state index < -0.39 is 4.92 Å². The van der Waals surface area contributed by atoms with Crippen molar-refractivity contribution < 1.29 is 14.5 Å². The van der Waals surface area contributed by atoms with Gasteiger partial charge >= 0.3 is 0 Å². The van der Waals surface area contributed by atoms with Gasteiger partial charge in [-0.1, -0.05) is 12.1 Å². The van der Waals surface area contributed by atoms with Gasteiger partial charge in [0.25, 0.3) is 11.6 Å². The Morgan fingerprint density at radius 2 is 2.19 bits per heavy atom. The third-order valence-electron chi connectivity index (χ3n) is 5.57. The summed E-state index contributed by atoms with van der Waals surface area (Å²) in [6.45, 7) is 2.02. The van der Waals surface area contributed by atoms with E-state index in [2.05, 4.69) is 15.3 Å². The number of para-hydroxylation sites is 2. The topological polar surface area (TPSA) is 113 Å². The molecule has 1 aliphatic heterocycles. The van der Waals surface area contributed by atoms with Crippen LogP contribution in [0, 0.1) is 10.1 Å². The molecule has 2 heterocycles. The fourth-order valence-corrected chi connectivity index (χ4v) is 3.99. The second-order valence-electron chi connectivity index (χ2n) is 7.64. The van der Waals surface area contributed by atoms with E-state index >= 15 is 0 Å². The summed E-state index contributed by atoms with van der Waals surface area (Å²) in [5.41, 5.74) is 2.46. The first-order valence-corrected chi connectivity index (χ1v) is 10.3. The fourth-order valence-electron chi connectivity index (χ4n) is 3.99. The van der Waals surface area contributed by atoms with Crippen molar-refractivity contribution in [3.63, 3.8) is 0 Å². The van der Waals surface area contributed by atoms with Crippen LogP contribution in [0.5, 0.6) is 0 Å². The normalized spacial score (nSPS) is 16.4. The Morgan fingerprint density at radius 1 is 1.35 bits per heavy atom. The number of aromatic amines is 1. The number of likely N-dealkylation sites (tertiary alicyclic amines) is 1. The molecule has 1 aliphatic rings. The van der Waals surface area contributed by atoms with Crippen LogP contribution in [0.2, 0.25) is 0 Å². The van der Waals surface area contributed by atoms with Crippen molar-refractivity contribution in [1.29, 1.82) is 0 Å². The molecule has 4 rings (SSSR count). The van der Waals surface area contributed by atoms with E-state index in [0.717, 1.165) is 29.7 Å². The van der Waals surface area contributed by atoms with Crippen LogP contribution < -0.4 is 5.32 Å². The van der Waals surface area contributed by atoms with Gasteiger partial charge in [-0.2, -0.15) is 0 Å². The largest absolute Gasteiger partial charge is 0.383 e. The Balaban J connectivity index is 1.51. The summed E-state index contributed by atoms with van der Waals surface area (Å²) in [5, 5.41) is 14.5. The Kier molecular flexibility index (Phi) is 6.13. The number of nitrogens with one attached hydrogen (secondary N) is 2. The zero-order valence-corrected chi connectivity index (χ0v) is 17.3. The quantitative estimate of drug-likeness (QED) is 0.341. The number of nitro benzene ring substituents is 1. The van der Waals surface area contributed by atoms with Gasteiger partial charge in [-0.3, -0.25) is 14.9 Å². The lowest BCUT2D eigenvalue weighted by molar-refractivity contribution is -0.384. The van der Waals surface area contributed by atoms with Crippen LogP contribution >= 0.6 is 0 Å². The van der Waals surface area contributed by atoms with Crippen LogP contribution in [0.4, 0.5) is 11.4 Å². The van der Waals surface area contributed by atoms with Crippen molar-refractivity contribution in [1.82, 2.24) is 14.9 Å². The van der Waals surface area contributed by atoms with Crippen LogP contribution in [0.3, 0.4) is 0 Å². The summed E-state index contributed by atoms with van der Waals surface area (Å²) < 4.78 is 4.97. The average molecular weight is 423 g/mol. The first-order valence-electron chi connectivity index (χ1n) is 10.3. The highest BCUT2D eigenvalue weighted by atomic mass is 16.6. The smallest absolute Gasteiger partial charge is 0.293 e. The van der Waals surface area contributed by atoms with E-state index in [1.165, 1.54) is 6.07 Å². The molecule has 1 atom stereocenters. The van der Waals surface area contributed by atoms with Gasteiger partial charge in [0.15, 0.2) is 0 Å². The minimum Gasteiger partial charge on any atom is -0.383 e. The molecular formula is C22H25N5O4. The van der Waals surface area contributed by atoms with E-state index in [-0.39, 0.29) is 17.5 Å². The number of piperidine rings is 1. The van der Waals surface area contributed by atoms with Crippen molar-refractivity contribution >= 4 is 28.3 Å². The molecule has 2 aromatic carbocycles. The first kappa shape index (κ1) is 20.8. The summed E-state index contributed by atoms with van der Waals surface area (Å²) in [6.07, 6.45) is 1.79. The van der Waals surface area contributed by atoms with Gasteiger partial charge in [0, 0.05) is 44.3 Å². The number of amides is 1. The van der Waals surface area contributed by atoms with Crippen molar-refractivity contribution in [2.75, 3.05) is 38.7 Å². The number of nitrogens with zero attached hydrogens (tertiary/aromatic N) is 3. The Hall–Kier alpha value is -3.46. The number of benzene rings is 2. The number of hydrogen-bond donors (Lipinski definition) is 2. The predicted octanol–water partition coefficient (Wildman–Crippen LogP) is 3.55. The Morgan fingerprint density at radius 3 is 2.97 bits per heavy atom. The summed E-state index contributed by atoms with van der Waals surface area (Å²) in [7, 11) is 1.56. The lowest BCUT2D eigenvalue weighted by Crippen LogP contribution is -2.39. The number of rotatable bonds is 7. The first-order chi connectivity index (χ1) is 15.1. The summed E-state index contributed by atoms with van der Waals surface area (Å²) in [4.78, 5) is 34.0. The maximum Gasteiger partial charge on any atom is 0.293 e. The van der Waals surface area contributed by atoms with Crippen molar-refractivity contribution in [3.05, 3.63) is 64.0 Å². The van der Waals surface area contributed by atoms with Gasteiger partial charge < -0.3 is 19.9 Å². The lowest BCUT2D eigenvalue weighted by Gasteiger charge is -2.32. The summed E-state index contributed by atoms with van der Waals surface area (Å²) in [5.74, 6) is 0.782. The van der Waals surface area contributed by atoms with Gasteiger partial charge in [0.2, 0.25) is 0 Å². The summed E-state index contributed by atoms with van der Waals surface area (Å²) in [6, 6.07) is 12.4. The molecule has 0 radical (unpaired) electrons. The second kappa shape index (κ2) is 9.13. The Bertz CT molecular complexity index is 1060. The molecule has 9 heteroatoms. The monoisotopic (exact) mass is 423 g/mol. The molecule has 1 aromatic heterocycles. The molecule has 1 amide bonds. The molecule has 162 valence electrons. The number of nitro groups is 1. The van der Waals surface area contributed by atoms with Gasteiger partial charge in [0.1, 0.15) is 11.5 Å². The van der Waals surface area contributed by atoms with Gasteiger partial charge in [-0.15, -0.1) is 0 Å². The molecule has 2 N–H and O–H groups in total. The van der Waals surface area contributed by atoms with E-state index in [1.54, 1.807) is 24.1 Å². The van der Waals surface area contributed by atoms with Crippen LogP contribution in [0.15, 0.2) is 42.5 Å². The van der Waals surface area contributed by atoms with E-state index in [9.17, 15) is 14.9 Å². The SMILES string of the molecule is COCCNc1ccc(C(=O)N2CCC[C@@H](c3nc4ccccc4[nH]3)C2)cc1[N+](=O)[O-]. The number of ether oxygens (including phenoxy) is 1. The molecule has 31 heavy (non-hydrogen) atoms. The maximum absolute atomic E-state index is 13.1. The molecule has 0 unspecified atom stereocenters. The third-order valence-corrected chi connectivity index (χ3v) is 5.57. The van der Waals surface area contributed by atoms with Gasteiger partial charge in [0.05, 0.1) is 22.6 Å². The van der Waals surface area contributed by atoms with Crippen LogP contribution in [0.1, 0.15) is 34.9 Å². The summed E-state index contributed by atoms with van der Waals surface area (Å²) >= 11 is 0. The fraction of sp³-hybridized carbons (Fsp3) is 0.364. The number of carbonyl (C=O) groups excluding carboxylic acids is 1. The minimum absolute atomic E-state index is 0.107. The van der Waals surface area contributed by atoms with Crippen molar-refractivity contribution in [3.8, 4) is 0 Å². The standard InChI is InChI=1S/C22H25N5O4/c1-31-12-10-23-19-9-8-15(13-20(19)27(29)30)22(28)26-11-4-5-16(14-26)21-24-17-6-2-3-7-18(17)25-21/h2-3,6-9,13,16,23H,4-5,10-12,14H2,1H3,(H,24,25)/t16-/m1/s1. The maximum atomic E-state index is 13.1. The van der Waals surface area contributed by atoms with E-state index in [1.807, 2.05) is 24.3 Å². The molecule has 1 fully saturated rings. The zero-order valence-electron chi connectivity index (χ0n) is 17.3. The van der Waals surface area contributed by atoms with Crippen LogP contribution in [-0.2, 0) is 4.74 Å². The number of carbonyl (C=O) groups is 1. The highest BCUT2D eigenvalue weighted by Gasteiger charge is 2.28. The van der Waals surface area contributed by atoms with E-state index in [4.69, 9.17) is 4.74 Å². The lowest BCUT2D eigenvalue weighted by atomic mass is 9.96. The average Bonchev–Trinajstić information content (AvgIpc) is 3.23. The number of methoxy groups -OCH3 is 1. The molecule has 1 saturated heterocycles. The Labute approximate surface area is 179 Å². The number of imidazole rings is 1. The van der Waals surface area contributed by atoms with E-state index in [0.29, 0.717) is 37.5 Å². The van der Waals surface area contributed by atoms with Gasteiger partial charge in [-0.25, -0.2) is 4.98 Å². The number of aromatic nitrogens is 2. The molecule has 3 aromatic rings. The molecule has 0 saturated carbocycles. The molecular weight excluding hydrogens is 398 g/mol. The predicted molar refractivity (Wildman–Crippen MR) is 117 cm³/mol. The number of hydrogen-bond acceptors (Lipinski definition) is 6. The molecule has 9 nitrogen and oxygen atoms in total. The molecule has 0 bridgehead atoms. The molecule has 0 spiro atoms. The highest BCUT2D eigenvalue weighted by Crippen LogP contribution is 2.30. The van der Waals surface area contributed by atoms with Gasteiger partial charge in [-0.05, 0) is 37.1 Å². The van der Waals surface area contributed by atoms with Crippen molar-refractivity contribution in [2.24, 2.45) is 0 Å². The van der Waals surface area contributed by atoms with Crippen molar-refractivity contribution in [2.45, 2.75) is 18.8 Å².